The van der Waals surface area contributed by atoms with Gasteiger partial charge in [-0.3, -0.25) is 4.79 Å². The summed E-state index contributed by atoms with van der Waals surface area (Å²) in [7, 11) is 1.29. The number of hydrogen-bond acceptors (Lipinski definition) is 4. The molecule has 5 nitrogen and oxygen atoms in total. The number of benzene rings is 2. The SMILES string of the molecule is COC(=O)[C@H](Cc1ccc(I)cc1)NC(=O)c1ccc(O)cc1. The van der Waals surface area contributed by atoms with Crippen LogP contribution in [0.1, 0.15) is 15.9 Å². The monoisotopic (exact) mass is 425 g/mol. The summed E-state index contributed by atoms with van der Waals surface area (Å²) in [5.41, 5.74) is 1.28. The number of phenolic OH excluding ortho intramolecular Hbond substituents is 1. The number of halogens is 1. The lowest BCUT2D eigenvalue weighted by atomic mass is 10.1. The lowest BCUT2D eigenvalue weighted by Gasteiger charge is -2.17. The maximum Gasteiger partial charge on any atom is 0.328 e. The van der Waals surface area contributed by atoms with E-state index in [9.17, 15) is 14.7 Å². The van der Waals surface area contributed by atoms with Crippen molar-refractivity contribution >= 4 is 34.5 Å². The van der Waals surface area contributed by atoms with E-state index in [4.69, 9.17) is 4.74 Å². The highest BCUT2D eigenvalue weighted by Crippen LogP contribution is 2.12. The molecule has 0 fully saturated rings. The van der Waals surface area contributed by atoms with Crippen molar-refractivity contribution < 1.29 is 19.4 Å². The molecule has 2 N–H and O–H groups in total. The number of carbonyl (C=O) groups is 2. The average molecular weight is 425 g/mol. The van der Waals surface area contributed by atoms with Crippen LogP contribution in [-0.4, -0.2) is 30.1 Å². The first kappa shape index (κ1) is 17.3. The van der Waals surface area contributed by atoms with Gasteiger partial charge in [0.1, 0.15) is 11.8 Å². The zero-order valence-electron chi connectivity index (χ0n) is 12.5. The number of carbonyl (C=O) groups excluding carboxylic acids is 2. The van der Waals surface area contributed by atoms with Crippen molar-refractivity contribution in [2.75, 3.05) is 7.11 Å². The van der Waals surface area contributed by atoms with Crippen LogP contribution in [0.3, 0.4) is 0 Å². The van der Waals surface area contributed by atoms with Gasteiger partial charge in [-0.05, 0) is 64.6 Å². The van der Waals surface area contributed by atoms with Gasteiger partial charge in [0, 0.05) is 15.6 Å². The van der Waals surface area contributed by atoms with Gasteiger partial charge >= 0.3 is 5.97 Å². The summed E-state index contributed by atoms with van der Waals surface area (Å²) in [4.78, 5) is 24.2. The first-order valence-corrected chi connectivity index (χ1v) is 7.99. The zero-order valence-corrected chi connectivity index (χ0v) is 14.6. The summed E-state index contributed by atoms with van der Waals surface area (Å²) in [5, 5.41) is 11.9. The van der Waals surface area contributed by atoms with Crippen molar-refractivity contribution in [1.29, 1.82) is 0 Å². The average Bonchev–Trinajstić information content (AvgIpc) is 2.56. The fourth-order valence-corrected chi connectivity index (χ4v) is 2.41. The minimum Gasteiger partial charge on any atom is -0.508 e. The first-order valence-electron chi connectivity index (χ1n) is 6.92. The number of ether oxygens (including phenoxy) is 1. The second kappa shape index (κ2) is 7.96. The first-order chi connectivity index (χ1) is 11.0. The second-order valence-electron chi connectivity index (χ2n) is 4.93. The number of hydrogen-bond donors (Lipinski definition) is 2. The maximum absolute atomic E-state index is 12.2. The van der Waals surface area contributed by atoms with Gasteiger partial charge in [0.25, 0.3) is 5.91 Å². The fraction of sp³-hybridized carbons (Fsp3) is 0.176. The van der Waals surface area contributed by atoms with Gasteiger partial charge in [0.2, 0.25) is 0 Å². The van der Waals surface area contributed by atoms with E-state index in [1.165, 1.54) is 31.4 Å². The van der Waals surface area contributed by atoms with Crippen LogP contribution in [-0.2, 0) is 16.0 Å². The molecule has 6 heteroatoms. The molecule has 0 saturated carbocycles. The smallest absolute Gasteiger partial charge is 0.328 e. The Balaban J connectivity index is 2.12. The number of rotatable bonds is 5. The van der Waals surface area contributed by atoms with Crippen LogP contribution in [0.5, 0.6) is 5.75 Å². The number of esters is 1. The molecule has 0 aromatic heterocycles. The molecule has 0 saturated heterocycles. The van der Waals surface area contributed by atoms with E-state index >= 15 is 0 Å². The predicted octanol–water partition coefficient (Wildman–Crippen LogP) is 2.51. The summed E-state index contributed by atoms with van der Waals surface area (Å²) < 4.78 is 5.86. The maximum atomic E-state index is 12.2. The Morgan fingerprint density at radius 2 is 1.74 bits per heavy atom. The highest BCUT2D eigenvalue weighted by atomic mass is 127. The van der Waals surface area contributed by atoms with Crippen molar-refractivity contribution in [2.45, 2.75) is 12.5 Å². The molecule has 23 heavy (non-hydrogen) atoms. The van der Waals surface area contributed by atoms with Crippen molar-refractivity contribution in [3.05, 3.63) is 63.2 Å². The molecule has 2 aromatic carbocycles. The zero-order chi connectivity index (χ0) is 16.8. The lowest BCUT2D eigenvalue weighted by Crippen LogP contribution is -2.43. The highest BCUT2D eigenvalue weighted by Gasteiger charge is 2.22. The Labute approximate surface area is 147 Å². The molecule has 120 valence electrons. The van der Waals surface area contributed by atoms with Crippen molar-refractivity contribution in [3.63, 3.8) is 0 Å². The van der Waals surface area contributed by atoms with Crippen LogP contribution >= 0.6 is 22.6 Å². The molecule has 1 amide bonds. The van der Waals surface area contributed by atoms with Crippen LogP contribution in [0, 0.1) is 3.57 Å². The molecular weight excluding hydrogens is 409 g/mol. The Bertz CT molecular complexity index is 683. The topological polar surface area (TPSA) is 75.6 Å². The van der Waals surface area contributed by atoms with Crippen LogP contribution in [0.2, 0.25) is 0 Å². The molecule has 0 spiro atoms. The van der Waals surface area contributed by atoms with Gasteiger partial charge in [-0.2, -0.15) is 0 Å². The molecule has 1 atom stereocenters. The third-order valence-electron chi connectivity index (χ3n) is 3.27. The van der Waals surface area contributed by atoms with Crippen molar-refractivity contribution in [3.8, 4) is 5.75 Å². The summed E-state index contributed by atoms with van der Waals surface area (Å²) in [6.45, 7) is 0. The van der Waals surface area contributed by atoms with Gasteiger partial charge in [-0.15, -0.1) is 0 Å². The number of amides is 1. The van der Waals surface area contributed by atoms with Gasteiger partial charge in [0.05, 0.1) is 7.11 Å². The fourth-order valence-electron chi connectivity index (χ4n) is 2.05. The molecule has 0 aliphatic heterocycles. The molecule has 0 bridgehead atoms. The van der Waals surface area contributed by atoms with Crippen LogP contribution in [0.25, 0.3) is 0 Å². The van der Waals surface area contributed by atoms with Gasteiger partial charge in [-0.25, -0.2) is 4.79 Å². The number of nitrogens with one attached hydrogen (secondary N) is 1. The molecule has 2 rings (SSSR count). The minimum atomic E-state index is -0.777. The predicted molar refractivity (Wildman–Crippen MR) is 94.2 cm³/mol. The van der Waals surface area contributed by atoms with Crippen LogP contribution in [0.4, 0.5) is 0 Å². The van der Waals surface area contributed by atoms with E-state index in [1.807, 2.05) is 24.3 Å². The number of phenols is 1. The summed E-state index contributed by atoms with van der Waals surface area (Å²) in [6, 6.07) is 12.7. The lowest BCUT2D eigenvalue weighted by molar-refractivity contribution is -0.142. The van der Waals surface area contributed by atoms with Gasteiger partial charge in [0.15, 0.2) is 0 Å². The van der Waals surface area contributed by atoms with Crippen molar-refractivity contribution in [2.24, 2.45) is 0 Å². The van der Waals surface area contributed by atoms with Gasteiger partial charge < -0.3 is 15.2 Å². The summed E-state index contributed by atoms with van der Waals surface area (Å²) in [6.07, 6.45) is 0.341. The molecule has 2 aromatic rings. The van der Waals surface area contributed by atoms with E-state index < -0.39 is 17.9 Å². The molecule has 0 unspecified atom stereocenters. The van der Waals surface area contributed by atoms with Crippen LogP contribution < -0.4 is 5.32 Å². The van der Waals surface area contributed by atoms with E-state index in [0.717, 1.165) is 9.13 Å². The highest BCUT2D eigenvalue weighted by molar-refractivity contribution is 14.1. The third kappa shape index (κ3) is 4.95. The number of methoxy groups -OCH3 is 1. The molecule has 0 heterocycles. The van der Waals surface area contributed by atoms with E-state index in [-0.39, 0.29) is 5.75 Å². The largest absolute Gasteiger partial charge is 0.508 e. The van der Waals surface area contributed by atoms with Crippen LogP contribution in [0.15, 0.2) is 48.5 Å². The molecule has 0 radical (unpaired) electrons. The van der Waals surface area contributed by atoms with E-state index in [1.54, 1.807) is 0 Å². The Morgan fingerprint density at radius 3 is 2.30 bits per heavy atom. The number of aromatic hydroxyl groups is 1. The summed E-state index contributed by atoms with van der Waals surface area (Å²) in [5.74, 6) is -0.827. The van der Waals surface area contributed by atoms with E-state index in [2.05, 4.69) is 27.9 Å². The summed E-state index contributed by atoms with van der Waals surface area (Å²) >= 11 is 2.20. The third-order valence-corrected chi connectivity index (χ3v) is 3.99. The minimum absolute atomic E-state index is 0.0740. The standard InChI is InChI=1S/C17H16INO4/c1-23-17(22)15(10-11-2-6-13(18)7-3-11)19-16(21)12-4-8-14(20)9-5-12/h2-9,15,20H,10H2,1H3,(H,19,21)/t15-/m0/s1. The Kier molecular flexibility index (Phi) is 5.97. The second-order valence-corrected chi connectivity index (χ2v) is 6.17. The quantitative estimate of drug-likeness (QED) is 0.571. The Morgan fingerprint density at radius 1 is 1.13 bits per heavy atom. The Hall–Kier alpha value is -2.09. The molecule has 0 aliphatic carbocycles. The molecular formula is C17H16INO4. The van der Waals surface area contributed by atoms with Gasteiger partial charge in [-0.1, -0.05) is 12.1 Å². The normalized spacial score (nSPS) is 11.6. The molecule has 0 aliphatic rings. The van der Waals surface area contributed by atoms with E-state index in [0.29, 0.717) is 12.0 Å². The van der Waals surface area contributed by atoms with Crippen molar-refractivity contribution in [1.82, 2.24) is 5.32 Å².